The van der Waals surface area contributed by atoms with Crippen molar-refractivity contribution < 1.29 is 0 Å². The summed E-state index contributed by atoms with van der Waals surface area (Å²) in [7, 11) is 0. The van der Waals surface area contributed by atoms with Crippen molar-refractivity contribution in [1.29, 1.82) is 0 Å². The van der Waals surface area contributed by atoms with Gasteiger partial charge in [0.1, 0.15) is 0 Å². The van der Waals surface area contributed by atoms with Crippen molar-refractivity contribution in [1.82, 2.24) is 15.3 Å². The van der Waals surface area contributed by atoms with E-state index in [1.54, 1.807) is 12.4 Å². The van der Waals surface area contributed by atoms with Crippen molar-refractivity contribution in [2.45, 2.75) is 38.3 Å². The molecule has 0 saturated heterocycles. The van der Waals surface area contributed by atoms with Crippen LogP contribution in [0.4, 0.5) is 0 Å². The normalized spacial score (nSPS) is 19.7. The van der Waals surface area contributed by atoms with Gasteiger partial charge in [0.05, 0.1) is 5.69 Å². The summed E-state index contributed by atoms with van der Waals surface area (Å²) in [5.41, 5.74) is 3.94. The number of hydrogen-bond acceptors (Lipinski definition) is 3. The van der Waals surface area contributed by atoms with E-state index in [0.29, 0.717) is 6.04 Å². The Morgan fingerprint density at radius 2 is 2.16 bits per heavy atom. The Kier molecular flexibility index (Phi) is 3.56. The SMILES string of the molecule is CC(NC1CCCc2ccccc21)c1cnccn1. The molecule has 0 radical (unpaired) electrons. The first-order chi connectivity index (χ1) is 9.34. The van der Waals surface area contributed by atoms with E-state index in [1.807, 2.05) is 6.20 Å². The average Bonchev–Trinajstić information content (AvgIpc) is 2.48. The lowest BCUT2D eigenvalue weighted by molar-refractivity contribution is 0.410. The Bertz CT molecular complexity index is 539. The highest BCUT2D eigenvalue weighted by atomic mass is 15.0. The van der Waals surface area contributed by atoms with Crippen molar-refractivity contribution in [3.05, 3.63) is 59.7 Å². The van der Waals surface area contributed by atoms with Crippen LogP contribution >= 0.6 is 0 Å². The summed E-state index contributed by atoms with van der Waals surface area (Å²) in [6, 6.07) is 9.41. The molecule has 0 bridgehead atoms. The molecular weight excluding hydrogens is 234 g/mol. The van der Waals surface area contributed by atoms with Crippen LogP contribution in [0.3, 0.4) is 0 Å². The van der Waals surface area contributed by atoms with E-state index in [1.165, 1.54) is 30.4 Å². The highest BCUT2D eigenvalue weighted by Gasteiger charge is 2.21. The van der Waals surface area contributed by atoms with Crippen LogP contribution in [-0.4, -0.2) is 9.97 Å². The average molecular weight is 253 g/mol. The lowest BCUT2D eigenvalue weighted by Gasteiger charge is -2.29. The summed E-state index contributed by atoms with van der Waals surface area (Å²) in [6.45, 7) is 2.15. The lowest BCUT2D eigenvalue weighted by atomic mass is 9.87. The molecule has 0 spiro atoms. The fraction of sp³-hybridized carbons (Fsp3) is 0.375. The smallest absolute Gasteiger partial charge is 0.0753 e. The molecule has 2 aromatic rings. The number of rotatable bonds is 3. The number of nitrogens with one attached hydrogen (secondary N) is 1. The molecule has 19 heavy (non-hydrogen) atoms. The molecule has 0 aliphatic heterocycles. The first-order valence-electron chi connectivity index (χ1n) is 6.94. The van der Waals surface area contributed by atoms with Gasteiger partial charge in [-0.15, -0.1) is 0 Å². The second kappa shape index (κ2) is 5.49. The summed E-state index contributed by atoms with van der Waals surface area (Å²) in [5, 5.41) is 3.69. The molecule has 0 amide bonds. The zero-order chi connectivity index (χ0) is 13.1. The molecule has 2 atom stereocenters. The summed E-state index contributed by atoms with van der Waals surface area (Å²) in [4.78, 5) is 8.52. The number of benzene rings is 1. The fourth-order valence-corrected chi connectivity index (χ4v) is 2.85. The van der Waals surface area contributed by atoms with Crippen LogP contribution < -0.4 is 5.32 Å². The predicted molar refractivity (Wildman–Crippen MR) is 75.7 cm³/mol. The third-order valence-electron chi connectivity index (χ3n) is 3.85. The maximum atomic E-state index is 4.38. The number of nitrogens with zero attached hydrogens (tertiary/aromatic N) is 2. The monoisotopic (exact) mass is 253 g/mol. The molecule has 1 aromatic heterocycles. The van der Waals surface area contributed by atoms with Gasteiger partial charge in [-0.1, -0.05) is 24.3 Å². The number of aromatic nitrogens is 2. The summed E-state index contributed by atoms with van der Waals surface area (Å²) in [5.74, 6) is 0. The lowest BCUT2D eigenvalue weighted by Crippen LogP contribution is -2.28. The Hall–Kier alpha value is -1.74. The maximum Gasteiger partial charge on any atom is 0.0753 e. The molecule has 0 saturated carbocycles. The molecule has 1 N–H and O–H groups in total. The van der Waals surface area contributed by atoms with Crippen LogP contribution in [0.15, 0.2) is 42.9 Å². The van der Waals surface area contributed by atoms with E-state index in [9.17, 15) is 0 Å². The Morgan fingerprint density at radius 3 is 3.00 bits per heavy atom. The summed E-state index contributed by atoms with van der Waals surface area (Å²) < 4.78 is 0. The van der Waals surface area contributed by atoms with Crippen molar-refractivity contribution in [2.75, 3.05) is 0 Å². The van der Waals surface area contributed by atoms with E-state index in [4.69, 9.17) is 0 Å². The second-order valence-electron chi connectivity index (χ2n) is 5.16. The van der Waals surface area contributed by atoms with Gasteiger partial charge in [0, 0.05) is 30.7 Å². The Labute approximate surface area is 114 Å². The van der Waals surface area contributed by atoms with Crippen molar-refractivity contribution in [3.63, 3.8) is 0 Å². The van der Waals surface area contributed by atoms with Gasteiger partial charge in [-0.05, 0) is 37.3 Å². The van der Waals surface area contributed by atoms with Gasteiger partial charge in [0.15, 0.2) is 0 Å². The predicted octanol–water partition coefficient (Wildman–Crippen LogP) is 3.20. The van der Waals surface area contributed by atoms with Gasteiger partial charge < -0.3 is 5.32 Å². The van der Waals surface area contributed by atoms with E-state index >= 15 is 0 Å². The molecule has 1 heterocycles. The molecule has 1 aromatic carbocycles. The van der Waals surface area contributed by atoms with Gasteiger partial charge in [-0.3, -0.25) is 9.97 Å². The third-order valence-corrected chi connectivity index (χ3v) is 3.85. The number of fused-ring (bicyclic) bond motifs is 1. The number of hydrogen-bond donors (Lipinski definition) is 1. The van der Waals surface area contributed by atoms with E-state index < -0.39 is 0 Å². The Balaban J connectivity index is 1.78. The van der Waals surface area contributed by atoms with E-state index in [2.05, 4.69) is 46.5 Å². The molecule has 2 unspecified atom stereocenters. The molecule has 3 heteroatoms. The third kappa shape index (κ3) is 2.66. The first kappa shape index (κ1) is 12.3. The maximum absolute atomic E-state index is 4.38. The van der Waals surface area contributed by atoms with Crippen molar-refractivity contribution in [2.24, 2.45) is 0 Å². The van der Waals surface area contributed by atoms with Gasteiger partial charge in [-0.2, -0.15) is 0 Å². The van der Waals surface area contributed by atoms with Crippen molar-refractivity contribution >= 4 is 0 Å². The van der Waals surface area contributed by atoms with Crippen LogP contribution in [0.2, 0.25) is 0 Å². The van der Waals surface area contributed by atoms with Crippen LogP contribution in [0.25, 0.3) is 0 Å². The highest BCUT2D eigenvalue weighted by Crippen LogP contribution is 2.31. The second-order valence-corrected chi connectivity index (χ2v) is 5.16. The van der Waals surface area contributed by atoms with Crippen LogP contribution in [0.1, 0.15) is 48.7 Å². The quantitative estimate of drug-likeness (QED) is 0.912. The fourth-order valence-electron chi connectivity index (χ4n) is 2.85. The molecule has 1 aliphatic carbocycles. The van der Waals surface area contributed by atoms with Gasteiger partial charge >= 0.3 is 0 Å². The molecule has 3 nitrogen and oxygen atoms in total. The topological polar surface area (TPSA) is 37.8 Å². The largest absolute Gasteiger partial charge is 0.302 e. The zero-order valence-electron chi connectivity index (χ0n) is 11.2. The van der Waals surface area contributed by atoms with Gasteiger partial charge in [0.2, 0.25) is 0 Å². The Morgan fingerprint density at radius 1 is 1.26 bits per heavy atom. The minimum atomic E-state index is 0.227. The molecule has 3 rings (SSSR count). The molecule has 0 fully saturated rings. The van der Waals surface area contributed by atoms with E-state index in [0.717, 1.165) is 5.69 Å². The molecule has 98 valence electrons. The van der Waals surface area contributed by atoms with Crippen LogP contribution in [0.5, 0.6) is 0 Å². The van der Waals surface area contributed by atoms with Gasteiger partial charge in [-0.25, -0.2) is 0 Å². The minimum Gasteiger partial charge on any atom is -0.302 e. The molecule has 1 aliphatic rings. The zero-order valence-corrected chi connectivity index (χ0v) is 11.2. The molecular formula is C16H19N3. The van der Waals surface area contributed by atoms with Crippen molar-refractivity contribution in [3.8, 4) is 0 Å². The highest BCUT2D eigenvalue weighted by molar-refractivity contribution is 5.32. The standard InChI is InChI=1S/C16H19N3/c1-12(16-11-17-9-10-18-16)19-15-8-4-6-13-5-2-3-7-14(13)15/h2-3,5,7,9-12,15,19H,4,6,8H2,1H3. The van der Waals surface area contributed by atoms with Crippen LogP contribution in [-0.2, 0) is 6.42 Å². The van der Waals surface area contributed by atoms with E-state index in [-0.39, 0.29) is 6.04 Å². The summed E-state index contributed by atoms with van der Waals surface area (Å²) >= 11 is 0. The minimum absolute atomic E-state index is 0.227. The van der Waals surface area contributed by atoms with Crippen LogP contribution in [0, 0.1) is 0 Å². The first-order valence-corrected chi connectivity index (χ1v) is 6.94. The number of aryl methyl sites for hydroxylation is 1. The van der Waals surface area contributed by atoms with Gasteiger partial charge in [0.25, 0.3) is 0 Å². The summed E-state index contributed by atoms with van der Waals surface area (Å²) in [6.07, 6.45) is 8.96.